The zero-order valence-corrected chi connectivity index (χ0v) is 21.6. The number of benzene rings is 1. The Morgan fingerprint density at radius 3 is 2.34 bits per heavy atom. The molecule has 4 saturated carbocycles. The lowest BCUT2D eigenvalue weighted by Gasteiger charge is -2.59. The van der Waals surface area contributed by atoms with Crippen molar-refractivity contribution in [3.05, 3.63) is 28.8 Å². The Hall–Kier alpha value is -1.68. The number of carbonyl (C=O) groups is 2. The van der Waals surface area contributed by atoms with Crippen molar-refractivity contribution in [2.45, 2.75) is 56.4 Å². The summed E-state index contributed by atoms with van der Waals surface area (Å²) in [6.45, 7) is 2.70. The van der Waals surface area contributed by atoms with Gasteiger partial charge in [0.05, 0.1) is 23.8 Å². The molecule has 5 aliphatic rings. The molecule has 192 valence electrons. The van der Waals surface area contributed by atoms with Gasteiger partial charge in [-0.25, -0.2) is 13.2 Å². The van der Waals surface area contributed by atoms with Crippen molar-refractivity contribution in [1.82, 2.24) is 9.62 Å². The zero-order chi connectivity index (χ0) is 24.8. The van der Waals surface area contributed by atoms with Crippen molar-refractivity contribution >= 4 is 33.5 Å². The van der Waals surface area contributed by atoms with E-state index in [1.807, 2.05) is 0 Å². The predicted molar refractivity (Wildman–Crippen MR) is 130 cm³/mol. The third-order valence-corrected chi connectivity index (χ3v) is 10.9. The number of sulfonamides is 1. The molecule has 6 rings (SSSR count). The van der Waals surface area contributed by atoms with Crippen LogP contribution in [0.1, 0.15) is 55.8 Å². The molecule has 10 heteroatoms. The van der Waals surface area contributed by atoms with E-state index in [9.17, 15) is 18.0 Å². The molecule has 0 radical (unpaired) electrons. The second-order valence-electron chi connectivity index (χ2n) is 10.8. The van der Waals surface area contributed by atoms with Crippen LogP contribution in [0, 0.1) is 23.2 Å². The van der Waals surface area contributed by atoms with Gasteiger partial charge in [0.25, 0.3) is 5.91 Å². The topological polar surface area (TPSA) is 102 Å². The maximum absolute atomic E-state index is 13.0. The SMILES string of the molecule is C[C@@H](NC(=O)COC(=O)c1ccc(Cl)c(S(=O)(=O)N2CCOCC2)c1)C12CC3CC(CC(C3)C1)C2. The monoisotopic (exact) mass is 524 g/mol. The van der Waals surface area contributed by atoms with E-state index in [0.717, 1.165) is 17.8 Å². The van der Waals surface area contributed by atoms with E-state index < -0.39 is 22.6 Å². The van der Waals surface area contributed by atoms with Gasteiger partial charge in [-0.15, -0.1) is 0 Å². The Bertz CT molecular complexity index is 1070. The summed E-state index contributed by atoms with van der Waals surface area (Å²) in [7, 11) is -3.88. The van der Waals surface area contributed by atoms with Crippen LogP contribution in [0.4, 0.5) is 0 Å². The molecule has 1 amide bonds. The number of hydrogen-bond donors (Lipinski definition) is 1. The first-order chi connectivity index (χ1) is 16.7. The van der Waals surface area contributed by atoms with Crippen LogP contribution in [0.15, 0.2) is 23.1 Å². The summed E-state index contributed by atoms with van der Waals surface area (Å²) in [5.41, 5.74) is 0.191. The molecule has 4 aliphatic carbocycles. The summed E-state index contributed by atoms with van der Waals surface area (Å²) >= 11 is 6.17. The fourth-order valence-electron chi connectivity index (χ4n) is 7.11. The van der Waals surface area contributed by atoms with Gasteiger partial charge in [-0.1, -0.05) is 11.6 Å². The molecule has 1 atom stereocenters. The first kappa shape index (κ1) is 25.0. The highest BCUT2D eigenvalue weighted by molar-refractivity contribution is 7.89. The summed E-state index contributed by atoms with van der Waals surface area (Å²) in [5.74, 6) is 1.25. The van der Waals surface area contributed by atoms with E-state index in [2.05, 4.69) is 12.2 Å². The molecule has 0 aromatic heterocycles. The van der Waals surface area contributed by atoms with Gasteiger partial charge >= 0.3 is 5.97 Å². The molecule has 4 bridgehead atoms. The van der Waals surface area contributed by atoms with Crippen LogP contribution in [-0.4, -0.2) is 63.6 Å². The summed E-state index contributed by atoms with van der Waals surface area (Å²) in [6, 6.07) is 4.01. The standard InChI is InChI=1S/C25H33ClN2O6S/c1-16(25-12-17-8-18(13-25)10-19(9-17)14-25)27-23(29)15-34-24(30)20-2-3-21(26)22(11-20)35(31,32)28-4-6-33-7-5-28/h2-3,11,16-19H,4-10,12-15H2,1H3,(H,27,29)/t16-,17?,18?,19?,25?/m1/s1. The smallest absolute Gasteiger partial charge is 0.338 e. The average molecular weight is 525 g/mol. The number of morpholine rings is 1. The van der Waals surface area contributed by atoms with Gasteiger partial charge in [-0.2, -0.15) is 4.31 Å². The van der Waals surface area contributed by atoms with Crippen molar-refractivity contribution in [1.29, 1.82) is 0 Å². The lowest BCUT2D eigenvalue weighted by Crippen LogP contribution is -2.56. The molecule has 5 fully saturated rings. The van der Waals surface area contributed by atoms with E-state index in [1.54, 1.807) is 0 Å². The number of hydrogen-bond acceptors (Lipinski definition) is 6. The van der Waals surface area contributed by atoms with Crippen molar-refractivity contribution < 1.29 is 27.5 Å². The largest absolute Gasteiger partial charge is 0.452 e. The molecule has 1 aromatic rings. The number of nitrogens with zero attached hydrogens (tertiary/aromatic N) is 1. The molecule has 0 unspecified atom stereocenters. The van der Waals surface area contributed by atoms with Gasteiger partial charge in [0.1, 0.15) is 4.90 Å². The lowest BCUT2D eigenvalue weighted by molar-refractivity contribution is -0.128. The maximum atomic E-state index is 13.0. The number of amides is 1. The fraction of sp³-hybridized carbons (Fsp3) is 0.680. The van der Waals surface area contributed by atoms with E-state index >= 15 is 0 Å². The third kappa shape index (κ3) is 4.97. The van der Waals surface area contributed by atoms with Gasteiger partial charge in [-0.3, -0.25) is 4.79 Å². The molecule has 35 heavy (non-hydrogen) atoms. The minimum atomic E-state index is -3.88. The number of halogens is 1. The summed E-state index contributed by atoms with van der Waals surface area (Å²) in [4.78, 5) is 25.1. The molecule has 1 N–H and O–H groups in total. The zero-order valence-electron chi connectivity index (χ0n) is 20.0. The van der Waals surface area contributed by atoms with Crippen LogP contribution in [-0.2, 0) is 24.3 Å². The van der Waals surface area contributed by atoms with Gasteiger partial charge in [0, 0.05) is 19.1 Å². The Morgan fingerprint density at radius 2 is 1.74 bits per heavy atom. The highest BCUT2D eigenvalue weighted by Crippen LogP contribution is 2.61. The van der Waals surface area contributed by atoms with Crippen molar-refractivity contribution in [2.75, 3.05) is 32.9 Å². The van der Waals surface area contributed by atoms with Crippen LogP contribution in [0.2, 0.25) is 5.02 Å². The van der Waals surface area contributed by atoms with Crippen LogP contribution < -0.4 is 5.32 Å². The summed E-state index contributed by atoms with van der Waals surface area (Å²) < 4.78 is 37.8. The van der Waals surface area contributed by atoms with Gasteiger partial charge in [0.15, 0.2) is 6.61 Å². The third-order valence-electron chi connectivity index (χ3n) is 8.47. The highest BCUT2D eigenvalue weighted by atomic mass is 35.5. The second-order valence-corrected chi connectivity index (χ2v) is 13.1. The molecule has 1 aromatic carbocycles. The van der Waals surface area contributed by atoms with Crippen LogP contribution in [0.25, 0.3) is 0 Å². The minimum absolute atomic E-state index is 0.0233. The molecule has 1 aliphatic heterocycles. The van der Waals surface area contributed by atoms with Crippen molar-refractivity contribution in [2.24, 2.45) is 23.2 Å². The Balaban J connectivity index is 1.20. The molecule has 8 nitrogen and oxygen atoms in total. The number of rotatable bonds is 7. The van der Waals surface area contributed by atoms with Crippen LogP contribution >= 0.6 is 11.6 Å². The van der Waals surface area contributed by atoms with Crippen LogP contribution in [0.5, 0.6) is 0 Å². The normalized spacial score (nSPS) is 31.2. The quantitative estimate of drug-likeness (QED) is 0.549. The van der Waals surface area contributed by atoms with Crippen LogP contribution in [0.3, 0.4) is 0 Å². The van der Waals surface area contributed by atoms with Gasteiger partial charge in [-0.05, 0) is 86.8 Å². The molecular formula is C25H33ClN2O6S. The predicted octanol–water partition coefficient (Wildman–Crippen LogP) is 3.24. The Labute approximate surface area is 211 Å². The number of esters is 1. The Kier molecular flexibility index (Phi) is 6.89. The van der Waals surface area contributed by atoms with Gasteiger partial charge in [0.2, 0.25) is 10.0 Å². The Morgan fingerprint density at radius 1 is 1.14 bits per heavy atom. The van der Waals surface area contributed by atoms with E-state index in [-0.39, 0.29) is 45.9 Å². The lowest BCUT2D eigenvalue weighted by atomic mass is 9.48. The van der Waals surface area contributed by atoms with E-state index in [0.29, 0.717) is 13.2 Å². The second kappa shape index (κ2) is 9.65. The summed E-state index contributed by atoms with van der Waals surface area (Å²) in [6.07, 6.45) is 7.52. The van der Waals surface area contributed by atoms with Crippen molar-refractivity contribution in [3.8, 4) is 0 Å². The number of ether oxygens (including phenoxy) is 2. The first-order valence-corrected chi connectivity index (χ1v) is 14.3. The maximum Gasteiger partial charge on any atom is 0.338 e. The summed E-state index contributed by atoms with van der Waals surface area (Å²) in [5, 5.41) is 3.10. The fourth-order valence-corrected chi connectivity index (χ4v) is 9.02. The van der Waals surface area contributed by atoms with E-state index in [4.69, 9.17) is 21.1 Å². The minimum Gasteiger partial charge on any atom is -0.452 e. The van der Waals surface area contributed by atoms with Gasteiger partial charge < -0.3 is 14.8 Å². The number of nitrogens with one attached hydrogen (secondary N) is 1. The molecule has 1 saturated heterocycles. The molecule has 1 heterocycles. The molecule has 0 spiro atoms. The molecular weight excluding hydrogens is 492 g/mol. The average Bonchev–Trinajstić information content (AvgIpc) is 2.82. The first-order valence-electron chi connectivity index (χ1n) is 12.5. The van der Waals surface area contributed by atoms with E-state index in [1.165, 1.54) is 61.0 Å². The number of carbonyl (C=O) groups excluding carboxylic acids is 2. The van der Waals surface area contributed by atoms with Crippen molar-refractivity contribution in [3.63, 3.8) is 0 Å². The highest BCUT2D eigenvalue weighted by Gasteiger charge is 2.53.